The van der Waals surface area contributed by atoms with Crippen LogP contribution in [-0.2, 0) is 0 Å². The van der Waals surface area contributed by atoms with Gasteiger partial charge in [-0.25, -0.2) is 4.68 Å². The summed E-state index contributed by atoms with van der Waals surface area (Å²) in [4.78, 5) is 4.21. The fourth-order valence-electron chi connectivity index (χ4n) is 2.63. The van der Waals surface area contributed by atoms with Gasteiger partial charge in [-0.3, -0.25) is 4.98 Å². The SMILES string of the molecule is Ic1ccc(-n2nc(-c3cccnc3)cc2-c2ccccc2)cc1. The van der Waals surface area contributed by atoms with E-state index in [-0.39, 0.29) is 0 Å². The first-order chi connectivity index (χ1) is 11.8. The van der Waals surface area contributed by atoms with Crippen molar-refractivity contribution < 1.29 is 0 Å². The lowest BCUT2D eigenvalue weighted by atomic mass is 10.1. The molecule has 0 aliphatic carbocycles. The number of benzene rings is 2. The van der Waals surface area contributed by atoms with E-state index in [1.807, 2.05) is 41.2 Å². The minimum atomic E-state index is 0.917. The number of halogens is 1. The maximum absolute atomic E-state index is 4.83. The lowest BCUT2D eigenvalue weighted by Crippen LogP contribution is -1.99. The van der Waals surface area contributed by atoms with E-state index in [2.05, 4.69) is 70.0 Å². The van der Waals surface area contributed by atoms with Crippen molar-refractivity contribution in [2.24, 2.45) is 0 Å². The standard InChI is InChI=1S/C20H14IN3/c21-17-8-10-18(11-9-17)24-20(15-5-2-1-3-6-15)13-19(23-24)16-7-4-12-22-14-16/h1-14H. The second-order valence-electron chi connectivity index (χ2n) is 5.41. The van der Waals surface area contributed by atoms with Crippen LogP contribution < -0.4 is 0 Å². The summed E-state index contributed by atoms with van der Waals surface area (Å²) >= 11 is 2.31. The normalized spacial score (nSPS) is 10.7. The highest BCUT2D eigenvalue weighted by atomic mass is 127. The number of rotatable bonds is 3. The number of aromatic nitrogens is 3. The number of nitrogens with zero attached hydrogens (tertiary/aromatic N) is 3. The molecule has 4 aromatic rings. The highest BCUT2D eigenvalue weighted by Gasteiger charge is 2.13. The molecule has 4 heteroatoms. The summed E-state index contributed by atoms with van der Waals surface area (Å²) in [6.07, 6.45) is 3.62. The highest BCUT2D eigenvalue weighted by molar-refractivity contribution is 14.1. The van der Waals surface area contributed by atoms with Gasteiger partial charge in [0.05, 0.1) is 17.1 Å². The monoisotopic (exact) mass is 423 g/mol. The molecule has 0 aliphatic heterocycles. The van der Waals surface area contributed by atoms with Crippen LogP contribution in [0.2, 0.25) is 0 Å². The van der Waals surface area contributed by atoms with E-state index < -0.39 is 0 Å². The van der Waals surface area contributed by atoms with E-state index in [4.69, 9.17) is 5.10 Å². The zero-order chi connectivity index (χ0) is 16.4. The molecule has 0 amide bonds. The Balaban J connectivity index is 1.90. The smallest absolute Gasteiger partial charge is 0.0949 e. The molecule has 2 aromatic heterocycles. The molecule has 0 saturated heterocycles. The third-order valence-corrected chi connectivity index (χ3v) is 4.53. The molecule has 116 valence electrons. The van der Waals surface area contributed by atoms with Crippen molar-refractivity contribution in [3.63, 3.8) is 0 Å². The second kappa shape index (κ2) is 6.57. The van der Waals surface area contributed by atoms with Gasteiger partial charge in [0, 0.05) is 27.1 Å². The second-order valence-corrected chi connectivity index (χ2v) is 6.66. The van der Waals surface area contributed by atoms with E-state index in [0.717, 1.165) is 28.2 Å². The van der Waals surface area contributed by atoms with Crippen LogP contribution >= 0.6 is 22.6 Å². The largest absolute Gasteiger partial charge is 0.264 e. The van der Waals surface area contributed by atoms with Gasteiger partial charge < -0.3 is 0 Å². The summed E-state index contributed by atoms with van der Waals surface area (Å²) < 4.78 is 3.20. The van der Waals surface area contributed by atoms with Crippen LogP contribution in [0.25, 0.3) is 28.2 Å². The van der Waals surface area contributed by atoms with Crippen molar-refractivity contribution in [2.75, 3.05) is 0 Å². The molecule has 0 unspecified atom stereocenters. The Labute approximate surface area is 154 Å². The van der Waals surface area contributed by atoms with Crippen molar-refractivity contribution in [3.8, 4) is 28.2 Å². The Hall–Kier alpha value is -2.47. The molecule has 0 N–H and O–H groups in total. The molecule has 2 heterocycles. The van der Waals surface area contributed by atoms with Crippen LogP contribution in [0.15, 0.2) is 85.2 Å². The Morgan fingerprint density at radius 2 is 1.54 bits per heavy atom. The van der Waals surface area contributed by atoms with Gasteiger partial charge in [0.25, 0.3) is 0 Å². The lowest BCUT2D eigenvalue weighted by Gasteiger charge is -2.07. The quantitative estimate of drug-likeness (QED) is 0.424. The summed E-state index contributed by atoms with van der Waals surface area (Å²) in [5.41, 5.74) is 5.18. The predicted octanol–water partition coefficient (Wildman–Crippen LogP) is 5.21. The zero-order valence-electron chi connectivity index (χ0n) is 12.8. The molecule has 2 aromatic carbocycles. The summed E-state index contributed by atoms with van der Waals surface area (Å²) in [6, 6.07) is 24.8. The van der Waals surface area contributed by atoms with Crippen molar-refractivity contribution in [1.29, 1.82) is 0 Å². The van der Waals surface area contributed by atoms with Crippen LogP contribution in [0.3, 0.4) is 0 Å². The lowest BCUT2D eigenvalue weighted by molar-refractivity contribution is 0.891. The molecule has 4 rings (SSSR count). The summed E-state index contributed by atoms with van der Waals surface area (Å²) in [5, 5.41) is 4.83. The molecule has 0 atom stereocenters. The predicted molar refractivity (Wildman–Crippen MR) is 105 cm³/mol. The minimum Gasteiger partial charge on any atom is -0.264 e. The number of pyridine rings is 1. The van der Waals surface area contributed by atoms with E-state index in [1.54, 1.807) is 6.20 Å². The Morgan fingerprint density at radius 3 is 2.25 bits per heavy atom. The summed E-state index contributed by atoms with van der Waals surface area (Å²) in [7, 11) is 0. The van der Waals surface area contributed by atoms with Crippen molar-refractivity contribution in [3.05, 3.63) is 88.8 Å². The number of hydrogen-bond donors (Lipinski definition) is 0. The molecule has 0 bridgehead atoms. The highest BCUT2D eigenvalue weighted by Crippen LogP contribution is 2.28. The first-order valence-electron chi connectivity index (χ1n) is 7.63. The molecule has 0 radical (unpaired) electrons. The van der Waals surface area contributed by atoms with Crippen LogP contribution in [0.5, 0.6) is 0 Å². The zero-order valence-corrected chi connectivity index (χ0v) is 15.0. The first kappa shape index (κ1) is 15.1. The topological polar surface area (TPSA) is 30.7 Å². The van der Waals surface area contributed by atoms with Gasteiger partial charge in [0.2, 0.25) is 0 Å². The van der Waals surface area contributed by atoms with Gasteiger partial charge >= 0.3 is 0 Å². The van der Waals surface area contributed by atoms with Crippen LogP contribution in [0.1, 0.15) is 0 Å². The van der Waals surface area contributed by atoms with E-state index in [0.29, 0.717) is 0 Å². The van der Waals surface area contributed by atoms with E-state index in [1.165, 1.54) is 3.57 Å². The third-order valence-electron chi connectivity index (χ3n) is 3.81. The molecular weight excluding hydrogens is 409 g/mol. The van der Waals surface area contributed by atoms with Crippen LogP contribution in [0.4, 0.5) is 0 Å². The third kappa shape index (κ3) is 2.97. The van der Waals surface area contributed by atoms with Gasteiger partial charge in [-0.15, -0.1) is 0 Å². The van der Waals surface area contributed by atoms with Gasteiger partial charge in [-0.2, -0.15) is 5.10 Å². The van der Waals surface area contributed by atoms with Crippen molar-refractivity contribution in [1.82, 2.24) is 14.8 Å². The van der Waals surface area contributed by atoms with Crippen LogP contribution in [-0.4, -0.2) is 14.8 Å². The Kier molecular flexibility index (Phi) is 4.13. The summed E-state index contributed by atoms with van der Waals surface area (Å²) in [5.74, 6) is 0. The molecule has 0 fully saturated rings. The molecule has 24 heavy (non-hydrogen) atoms. The van der Waals surface area contributed by atoms with Crippen molar-refractivity contribution in [2.45, 2.75) is 0 Å². The molecule has 0 spiro atoms. The fraction of sp³-hybridized carbons (Fsp3) is 0. The van der Waals surface area contributed by atoms with Gasteiger partial charge in [-0.1, -0.05) is 30.3 Å². The maximum Gasteiger partial charge on any atom is 0.0949 e. The number of hydrogen-bond acceptors (Lipinski definition) is 2. The molecule has 0 aliphatic rings. The summed E-state index contributed by atoms with van der Waals surface area (Å²) in [6.45, 7) is 0. The average molecular weight is 423 g/mol. The Bertz CT molecular complexity index is 945. The maximum atomic E-state index is 4.83. The first-order valence-corrected chi connectivity index (χ1v) is 8.71. The molecular formula is C20H14IN3. The molecule has 0 saturated carbocycles. The van der Waals surface area contributed by atoms with Gasteiger partial charge in [0.1, 0.15) is 0 Å². The average Bonchev–Trinajstić information content (AvgIpc) is 3.09. The fourth-order valence-corrected chi connectivity index (χ4v) is 2.99. The van der Waals surface area contributed by atoms with Crippen molar-refractivity contribution >= 4 is 22.6 Å². The Morgan fingerprint density at radius 1 is 0.792 bits per heavy atom. The minimum absolute atomic E-state index is 0.917. The van der Waals surface area contributed by atoms with Crippen LogP contribution in [0, 0.1) is 3.57 Å². The molecule has 3 nitrogen and oxygen atoms in total. The van der Waals surface area contributed by atoms with Gasteiger partial charge in [-0.05, 0) is 65.1 Å². The van der Waals surface area contributed by atoms with E-state index in [9.17, 15) is 0 Å². The van der Waals surface area contributed by atoms with E-state index >= 15 is 0 Å². The van der Waals surface area contributed by atoms with Gasteiger partial charge in [0.15, 0.2) is 0 Å².